The van der Waals surface area contributed by atoms with E-state index in [0.717, 1.165) is 11.1 Å². The van der Waals surface area contributed by atoms with Crippen molar-refractivity contribution in [1.82, 2.24) is 0 Å². The van der Waals surface area contributed by atoms with Gasteiger partial charge in [0.1, 0.15) is 0 Å². The summed E-state index contributed by atoms with van der Waals surface area (Å²) in [5, 5.41) is 0.660. The normalized spacial score (nSPS) is 10.8. The van der Waals surface area contributed by atoms with Crippen molar-refractivity contribution in [3.05, 3.63) is 28.8 Å². The van der Waals surface area contributed by atoms with Crippen LogP contribution in [0.15, 0.2) is 12.1 Å². The zero-order chi connectivity index (χ0) is 9.30. The van der Waals surface area contributed by atoms with E-state index in [4.69, 9.17) is 9.79 Å². The predicted molar refractivity (Wildman–Crippen MR) is 51.6 cm³/mol. The predicted octanol–water partition coefficient (Wildman–Crippen LogP) is 1.53. The minimum absolute atomic E-state index is 0.660. The van der Waals surface area contributed by atoms with Gasteiger partial charge in [0.2, 0.25) is 0 Å². The molecule has 3 heteroatoms. The van der Waals surface area contributed by atoms with Gasteiger partial charge in [-0.2, -0.15) is 0 Å². The highest BCUT2D eigenvalue weighted by Gasteiger charge is 2.09. The Hall–Kier alpha value is -0.430. The first-order valence-corrected chi connectivity index (χ1v) is 5.03. The molecule has 1 aromatic rings. The number of rotatable bonds is 1. The first-order chi connectivity index (χ1) is 5.54. The lowest BCUT2D eigenvalue weighted by molar-refractivity contribution is 0.496. The zero-order valence-corrected chi connectivity index (χ0v) is 8.39. The Morgan fingerprint density at radius 2 is 1.58 bits per heavy atom. The van der Waals surface area contributed by atoms with Crippen LogP contribution in [0, 0.1) is 20.8 Å². The maximum absolute atomic E-state index is 9.04. The van der Waals surface area contributed by atoms with Crippen LogP contribution in [0.1, 0.15) is 16.7 Å². The van der Waals surface area contributed by atoms with Crippen LogP contribution in [-0.4, -0.2) is 9.79 Å². The van der Waals surface area contributed by atoms with E-state index in [0.29, 0.717) is 5.30 Å². The van der Waals surface area contributed by atoms with E-state index in [1.807, 2.05) is 26.8 Å². The second-order valence-electron chi connectivity index (χ2n) is 2.94. The largest absolute Gasteiger partial charge is 0.347 e. The van der Waals surface area contributed by atoms with Crippen molar-refractivity contribution >= 4 is 13.7 Å². The molecule has 0 spiro atoms. The van der Waals surface area contributed by atoms with Gasteiger partial charge in [0.05, 0.1) is 0 Å². The summed E-state index contributed by atoms with van der Waals surface area (Å²) in [5.41, 5.74) is 3.32. The summed E-state index contributed by atoms with van der Waals surface area (Å²) in [6.07, 6.45) is 0. The van der Waals surface area contributed by atoms with Crippen LogP contribution in [0.2, 0.25) is 0 Å². The van der Waals surface area contributed by atoms with E-state index in [1.165, 1.54) is 5.56 Å². The molecule has 0 saturated heterocycles. The lowest BCUT2D eigenvalue weighted by Gasteiger charge is -2.11. The fourth-order valence-corrected chi connectivity index (χ4v) is 1.83. The lowest BCUT2D eigenvalue weighted by atomic mass is 10.1. The number of hydrogen-bond donors (Lipinski definition) is 2. The van der Waals surface area contributed by atoms with E-state index in [2.05, 4.69) is 0 Å². The molecule has 0 radical (unpaired) electrons. The fraction of sp³-hybridized carbons (Fsp3) is 0.333. The molecule has 0 amide bonds. The van der Waals surface area contributed by atoms with E-state index in [-0.39, 0.29) is 0 Å². The third kappa shape index (κ3) is 1.66. The summed E-state index contributed by atoms with van der Waals surface area (Å²) in [7, 11) is -1.94. The van der Waals surface area contributed by atoms with Crippen molar-refractivity contribution in [2.75, 3.05) is 0 Å². The summed E-state index contributed by atoms with van der Waals surface area (Å²) in [6, 6.07) is 3.70. The van der Waals surface area contributed by atoms with E-state index in [9.17, 15) is 0 Å². The summed E-state index contributed by atoms with van der Waals surface area (Å²) >= 11 is 0. The Labute approximate surface area is 73.8 Å². The van der Waals surface area contributed by atoms with Crippen LogP contribution in [0.25, 0.3) is 0 Å². The fourth-order valence-electron chi connectivity index (χ4n) is 1.16. The first-order valence-electron chi connectivity index (χ1n) is 3.78. The van der Waals surface area contributed by atoms with Gasteiger partial charge >= 0.3 is 0 Å². The molecule has 0 aliphatic carbocycles. The monoisotopic (exact) mass is 184 g/mol. The second-order valence-corrected chi connectivity index (χ2v) is 4.00. The molecule has 2 N–H and O–H groups in total. The van der Waals surface area contributed by atoms with Crippen molar-refractivity contribution < 1.29 is 9.79 Å². The highest BCUT2D eigenvalue weighted by Crippen LogP contribution is 2.26. The average molecular weight is 184 g/mol. The highest BCUT2D eigenvalue weighted by molar-refractivity contribution is 7.54. The van der Waals surface area contributed by atoms with Crippen molar-refractivity contribution in [1.29, 1.82) is 0 Å². The van der Waals surface area contributed by atoms with E-state index < -0.39 is 8.38 Å². The van der Waals surface area contributed by atoms with Crippen LogP contribution >= 0.6 is 8.38 Å². The molecule has 0 saturated carbocycles. The Morgan fingerprint density at radius 3 is 2.08 bits per heavy atom. The zero-order valence-electron chi connectivity index (χ0n) is 7.50. The molecular weight excluding hydrogens is 171 g/mol. The van der Waals surface area contributed by atoms with Crippen molar-refractivity contribution in [2.45, 2.75) is 20.8 Å². The molecule has 0 atom stereocenters. The number of aryl methyl sites for hydroxylation is 1. The molecule has 0 aromatic heterocycles. The highest BCUT2D eigenvalue weighted by atomic mass is 31.2. The Kier molecular flexibility index (Phi) is 2.84. The minimum Gasteiger partial charge on any atom is -0.347 e. The van der Waals surface area contributed by atoms with E-state index in [1.54, 1.807) is 6.07 Å². The van der Waals surface area contributed by atoms with Gasteiger partial charge in [0, 0.05) is 5.30 Å². The van der Waals surface area contributed by atoms with Crippen LogP contribution < -0.4 is 5.30 Å². The van der Waals surface area contributed by atoms with Crippen LogP contribution in [0.4, 0.5) is 0 Å². The second kappa shape index (κ2) is 3.53. The average Bonchev–Trinajstić information content (AvgIpc) is 2.00. The molecule has 0 unspecified atom stereocenters. The van der Waals surface area contributed by atoms with Crippen LogP contribution in [-0.2, 0) is 0 Å². The summed E-state index contributed by atoms with van der Waals surface area (Å²) in [6.45, 7) is 5.93. The van der Waals surface area contributed by atoms with Crippen LogP contribution in [0.5, 0.6) is 0 Å². The molecule has 0 fully saturated rings. The van der Waals surface area contributed by atoms with Crippen molar-refractivity contribution in [2.24, 2.45) is 0 Å². The molecule has 1 aromatic carbocycles. The standard InChI is InChI=1S/C9H13O2P/c1-6-4-5-9(12(10)11)8(3)7(6)2/h4-5,10-11H,1-3H3. The molecular formula is C9H13O2P. The van der Waals surface area contributed by atoms with Gasteiger partial charge in [0.25, 0.3) is 0 Å². The van der Waals surface area contributed by atoms with E-state index >= 15 is 0 Å². The molecule has 66 valence electrons. The Balaban J connectivity index is 3.27. The third-order valence-corrected chi connectivity index (χ3v) is 3.16. The number of hydrogen-bond acceptors (Lipinski definition) is 2. The first kappa shape index (κ1) is 9.66. The molecule has 0 aliphatic heterocycles. The lowest BCUT2D eigenvalue weighted by Crippen LogP contribution is -2.07. The SMILES string of the molecule is Cc1ccc(P(O)O)c(C)c1C. The summed E-state index contributed by atoms with van der Waals surface area (Å²) in [5.74, 6) is 0. The third-order valence-electron chi connectivity index (χ3n) is 2.24. The molecule has 1 rings (SSSR count). The van der Waals surface area contributed by atoms with Gasteiger partial charge in [-0.15, -0.1) is 0 Å². The van der Waals surface area contributed by atoms with Gasteiger partial charge in [-0.1, -0.05) is 6.07 Å². The Bertz CT molecular complexity index is 295. The minimum atomic E-state index is -1.94. The molecule has 0 heterocycles. The van der Waals surface area contributed by atoms with Crippen molar-refractivity contribution in [3.63, 3.8) is 0 Å². The van der Waals surface area contributed by atoms with Gasteiger partial charge < -0.3 is 9.79 Å². The van der Waals surface area contributed by atoms with Crippen LogP contribution in [0.3, 0.4) is 0 Å². The van der Waals surface area contributed by atoms with Gasteiger partial charge in [-0.25, -0.2) is 0 Å². The number of benzene rings is 1. The molecule has 2 nitrogen and oxygen atoms in total. The van der Waals surface area contributed by atoms with Gasteiger partial charge in [0.15, 0.2) is 8.38 Å². The maximum atomic E-state index is 9.04. The maximum Gasteiger partial charge on any atom is 0.199 e. The quantitative estimate of drug-likeness (QED) is 0.650. The smallest absolute Gasteiger partial charge is 0.199 e. The molecule has 0 bridgehead atoms. The van der Waals surface area contributed by atoms with Crippen molar-refractivity contribution in [3.8, 4) is 0 Å². The van der Waals surface area contributed by atoms with Gasteiger partial charge in [-0.3, -0.25) is 0 Å². The summed E-state index contributed by atoms with van der Waals surface area (Å²) < 4.78 is 0. The topological polar surface area (TPSA) is 40.5 Å². The molecule has 0 aliphatic rings. The molecule has 12 heavy (non-hydrogen) atoms. The van der Waals surface area contributed by atoms with Gasteiger partial charge in [-0.05, 0) is 43.5 Å². The summed E-state index contributed by atoms with van der Waals surface area (Å²) in [4.78, 5) is 18.1. The Morgan fingerprint density at radius 1 is 1.00 bits per heavy atom.